The van der Waals surface area contributed by atoms with Gasteiger partial charge in [0.25, 0.3) is 0 Å². The van der Waals surface area contributed by atoms with Gasteiger partial charge in [-0.3, -0.25) is 4.57 Å². The maximum atomic E-state index is 10.3. The first kappa shape index (κ1) is 11.2. The van der Waals surface area contributed by atoms with Crippen molar-refractivity contribution in [3.63, 3.8) is 0 Å². The van der Waals surface area contributed by atoms with Crippen LogP contribution in [0.15, 0.2) is 0 Å². The maximum Gasteiger partial charge on any atom is 0.180 e. The molecule has 0 amide bonds. The molecule has 0 saturated heterocycles. The SMILES string of the molecule is CCCC(O[PH2]=O)C(C)(C)C. The highest BCUT2D eigenvalue weighted by Crippen LogP contribution is 2.28. The Balaban J connectivity index is 3.97. The fourth-order valence-electron chi connectivity index (χ4n) is 1.03. The predicted octanol–water partition coefficient (Wildman–Crippen LogP) is 2.89. The van der Waals surface area contributed by atoms with Crippen LogP contribution in [0.3, 0.4) is 0 Å². The lowest BCUT2D eigenvalue weighted by molar-refractivity contribution is 0.0913. The lowest BCUT2D eigenvalue weighted by atomic mass is 9.87. The van der Waals surface area contributed by atoms with E-state index in [4.69, 9.17) is 4.52 Å². The first-order valence-corrected chi connectivity index (χ1v) is 5.05. The highest BCUT2D eigenvalue weighted by Gasteiger charge is 2.23. The summed E-state index contributed by atoms with van der Waals surface area (Å²) in [6, 6.07) is 0. The molecule has 0 aromatic carbocycles. The minimum absolute atomic E-state index is 0.118. The zero-order valence-corrected chi connectivity index (χ0v) is 9.04. The van der Waals surface area contributed by atoms with E-state index in [-0.39, 0.29) is 11.5 Å². The Morgan fingerprint density at radius 3 is 2.27 bits per heavy atom. The van der Waals surface area contributed by atoms with E-state index in [1.165, 1.54) is 0 Å². The zero-order chi connectivity index (χ0) is 8.91. The fourth-order valence-corrected chi connectivity index (χ4v) is 1.71. The van der Waals surface area contributed by atoms with E-state index in [0.29, 0.717) is 0 Å². The molecule has 0 radical (unpaired) electrons. The van der Waals surface area contributed by atoms with Gasteiger partial charge in [0.1, 0.15) is 0 Å². The first-order valence-electron chi connectivity index (χ1n) is 4.11. The molecule has 2 unspecified atom stereocenters. The van der Waals surface area contributed by atoms with Crippen molar-refractivity contribution in [3.05, 3.63) is 0 Å². The molecule has 0 aromatic heterocycles. The van der Waals surface area contributed by atoms with E-state index in [2.05, 4.69) is 27.7 Å². The van der Waals surface area contributed by atoms with Gasteiger partial charge in [-0.15, -0.1) is 0 Å². The molecule has 0 spiro atoms. The summed E-state index contributed by atoms with van der Waals surface area (Å²) in [6.45, 7) is 8.45. The molecule has 0 rings (SSSR count). The highest BCUT2D eigenvalue weighted by atomic mass is 31.1. The lowest BCUT2D eigenvalue weighted by Crippen LogP contribution is -2.26. The third-order valence-electron chi connectivity index (χ3n) is 1.74. The van der Waals surface area contributed by atoms with Crippen LogP contribution in [0.25, 0.3) is 0 Å². The molecule has 0 N–H and O–H groups in total. The first-order chi connectivity index (χ1) is 5.02. The molecule has 0 aliphatic carbocycles. The second kappa shape index (κ2) is 4.95. The van der Waals surface area contributed by atoms with Crippen LogP contribution in [-0.4, -0.2) is 6.10 Å². The van der Waals surface area contributed by atoms with Crippen molar-refractivity contribution in [1.82, 2.24) is 0 Å². The van der Waals surface area contributed by atoms with Crippen molar-refractivity contribution < 1.29 is 9.09 Å². The molecule has 0 saturated carbocycles. The summed E-state index contributed by atoms with van der Waals surface area (Å²) >= 11 is 0. The van der Waals surface area contributed by atoms with E-state index in [0.717, 1.165) is 12.8 Å². The Hall–Kier alpha value is 0.190. The van der Waals surface area contributed by atoms with Crippen LogP contribution >= 0.6 is 8.69 Å². The smallest absolute Gasteiger partial charge is 0.180 e. The number of hydrogen-bond donors (Lipinski definition) is 0. The summed E-state index contributed by atoms with van der Waals surface area (Å²) in [5.74, 6) is 0. The molecule has 2 atom stereocenters. The summed E-state index contributed by atoms with van der Waals surface area (Å²) in [5, 5.41) is 0. The van der Waals surface area contributed by atoms with Gasteiger partial charge >= 0.3 is 0 Å². The molecule has 2 nitrogen and oxygen atoms in total. The summed E-state index contributed by atoms with van der Waals surface area (Å²) in [4.78, 5) is 0. The van der Waals surface area contributed by atoms with E-state index in [1.54, 1.807) is 0 Å². The third kappa shape index (κ3) is 4.60. The monoisotopic (exact) mass is 178 g/mol. The zero-order valence-electron chi connectivity index (χ0n) is 7.89. The summed E-state index contributed by atoms with van der Waals surface area (Å²) < 4.78 is 15.5. The van der Waals surface area contributed by atoms with Gasteiger partial charge in [0.15, 0.2) is 8.69 Å². The van der Waals surface area contributed by atoms with Crippen LogP contribution in [-0.2, 0) is 9.09 Å². The number of hydrogen-bond acceptors (Lipinski definition) is 2. The Labute approximate surface area is 70.6 Å². The molecule has 68 valence electrons. The topological polar surface area (TPSA) is 26.3 Å². The quantitative estimate of drug-likeness (QED) is 0.619. The molecule has 0 aliphatic heterocycles. The van der Waals surface area contributed by atoms with Crippen LogP contribution < -0.4 is 0 Å². The van der Waals surface area contributed by atoms with Crippen LogP contribution in [0.5, 0.6) is 0 Å². The van der Waals surface area contributed by atoms with Crippen LogP contribution in [0.2, 0.25) is 0 Å². The maximum absolute atomic E-state index is 10.3. The Bertz CT molecular complexity index is 118. The van der Waals surface area contributed by atoms with Crippen molar-refractivity contribution in [1.29, 1.82) is 0 Å². The van der Waals surface area contributed by atoms with Gasteiger partial charge in [0.05, 0.1) is 6.10 Å². The van der Waals surface area contributed by atoms with E-state index >= 15 is 0 Å². The Morgan fingerprint density at radius 1 is 1.45 bits per heavy atom. The van der Waals surface area contributed by atoms with Crippen molar-refractivity contribution in [2.45, 2.75) is 46.6 Å². The number of rotatable bonds is 4. The van der Waals surface area contributed by atoms with Gasteiger partial charge in [-0.2, -0.15) is 0 Å². The highest BCUT2D eigenvalue weighted by molar-refractivity contribution is 7.17. The van der Waals surface area contributed by atoms with Crippen LogP contribution in [0.4, 0.5) is 0 Å². The standard InChI is InChI=1S/C8H19O2P/c1-5-6-7(10-11-9)8(2,3)4/h7H,5-6,11H2,1-4H3. The molecule has 0 fully saturated rings. The summed E-state index contributed by atoms with van der Waals surface area (Å²) in [6.07, 6.45) is 2.24. The molecular weight excluding hydrogens is 159 g/mol. The summed E-state index contributed by atoms with van der Waals surface area (Å²) in [5.41, 5.74) is 0.118. The fraction of sp³-hybridized carbons (Fsp3) is 1.00. The minimum atomic E-state index is -1.06. The lowest BCUT2D eigenvalue weighted by Gasteiger charge is -2.28. The van der Waals surface area contributed by atoms with Gasteiger partial charge in [-0.05, 0) is 11.8 Å². The minimum Gasteiger partial charge on any atom is -0.329 e. The van der Waals surface area contributed by atoms with Gasteiger partial charge in [-0.25, -0.2) is 0 Å². The Kier molecular flexibility index (Phi) is 5.03. The second-order valence-corrected chi connectivity index (χ2v) is 4.34. The molecule has 11 heavy (non-hydrogen) atoms. The molecule has 0 aliphatic rings. The normalized spacial score (nSPS) is 16.0. The van der Waals surface area contributed by atoms with Crippen molar-refractivity contribution >= 4 is 8.69 Å². The second-order valence-electron chi connectivity index (χ2n) is 3.88. The average molecular weight is 178 g/mol. The van der Waals surface area contributed by atoms with Crippen molar-refractivity contribution in [2.24, 2.45) is 5.41 Å². The van der Waals surface area contributed by atoms with E-state index < -0.39 is 8.69 Å². The summed E-state index contributed by atoms with van der Waals surface area (Å²) in [7, 11) is -1.06. The van der Waals surface area contributed by atoms with Crippen LogP contribution in [0, 0.1) is 5.41 Å². The molecule has 0 bridgehead atoms. The van der Waals surface area contributed by atoms with Gasteiger partial charge < -0.3 is 4.52 Å². The Morgan fingerprint density at radius 2 is 2.00 bits per heavy atom. The largest absolute Gasteiger partial charge is 0.329 e. The van der Waals surface area contributed by atoms with Gasteiger partial charge in [-0.1, -0.05) is 34.1 Å². The van der Waals surface area contributed by atoms with E-state index in [1.807, 2.05) is 0 Å². The average Bonchev–Trinajstić information content (AvgIpc) is 1.85. The molecular formula is C8H19O2P. The van der Waals surface area contributed by atoms with Crippen molar-refractivity contribution in [2.75, 3.05) is 0 Å². The van der Waals surface area contributed by atoms with E-state index in [9.17, 15) is 4.57 Å². The van der Waals surface area contributed by atoms with Gasteiger partial charge in [0, 0.05) is 0 Å². The van der Waals surface area contributed by atoms with Crippen LogP contribution in [0.1, 0.15) is 40.5 Å². The predicted molar refractivity (Wildman–Crippen MR) is 49.6 cm³/mol. The molecule has 3 heteroatoms. The molecule has 0 aromatic rings. The van der Waals surface area contributed by atoms with Crippen molar-refractivity contribution in [3.8, 4) is 0 Å². The third-order valence-corrected chi connectivity index (χ3v) is 2.18. The molecule has 0 heterocycles. The van der Waals surface area contributed by atoms with Gasteiger partial charge in [0.2, 0.25) is 0 Å².